The van der Waals surface area contributed by atoms with Crippen LogP contribution in [0.15, 0.2) is 52.4 Å². The van der Waals surface area contributed by atoms with Gasteiger partial charge in [-0.25, -0.2) is 12.8 Å². The first-order valence-corrected chi connectivity index (χ1v) is 12.8. The van der Waals surface area contributed by atoms with Gasteiger partial charge in [-0.15, -0.1) is 0 Å². The molecule has 3 rings (SSSR count). The van der Waals surface area contributed by atoms with Crippen LogP contribution in [0.1, 0.15) is 12.0 Å². The molecule has 1 heterocycles. The number of hydrogen-bond acceptors (Lipinski definition) is 5. The van der Waals surface area contributed by atoms with Crippen molar-refractivity contribution in [3.05, 3.63) is 58.6 Å². The van der Waals surface area contributed by atoms with Crippen LogP contribution in [0.3, 0.4) is 0 Å². The van der Waals surface area contributed by atoms with Crippen LogP contribution in [-0.2, 0) is 21.2 Å². The fourth-order valence-electron chi connectivity index (χ4n) is 2.81. The molecular formula is C20H21FN2O3S3. The molecule has 0 fully saturated rings. The molecule has 9 heteroatoms. The zero-order valence-corrected chi connectivity index (χ0v) is 18.5. The molecule has 5 nitrogen and oxygen atoms in total. The first kappa shape index (κ1) is 21.7. The molecule has 0 saturated carbocycles. The number of carbonyl (C=O) groups is 1. The van der Waals surface area contributed by atoms with E-state index in [9.17, 15) is 17.6 Å². The smallest absolute Gasteiger partial charge is 0.249 e. The molecule has 3 aromatic rings. The van der Waals surface area contributed by atoms with Crippen LogP contribution < -0.4 is 4.80 Å². The summed E-state index contributed by atoms with van der Waals surface area (Å²) in [4.78, 5) is 17.2. The van der Waals surface area contributed by atoms with Crippen LogP contribution in [0.2, 0.25) is 0 Å². The Morgan fingerprint density at radius 3 is 2.62 bits per heavy atom. The Morgan fingerprint density at radius 1 is 1.21 bits per heavy atom. The van der Waals surface area contributed by atoms with E-state index in [1.54, 1.807) is 11.8 Å². The largest absolute Gasteiger partial charge is 0.316 e. The molecule has 154 valence electrons. The van der Waals surface area contributed by atoms with Crippen molar-refractivity contribution >= 4 is 49.1 Å². The molecule has 0 bridgehead atoms. The van der Waals surface area contributed by atoms with Crippen LogP contribution >= 0.6 is 23.1 Å². The van der Waals surface area contributed by atoms with Crippen molar-refractivity contribution in [2.75, 3.05) is 17.8 Å². The highest BCUT2D eigenvalue weighted by molar-refractivity contribution is 7.98. The molecular weight excluding hydrogens is 431 g/mol. The van der Waals surface area contributed by atoms with Gasteiger partial charge in [0, 0.05) is 18.7 Å². The number of thiazole rings is 1. The number of halogens is 1. The monoisotopic (exact) mass is 452 g/mol. The number of fused-ring (bicyclic) bond motifs is 1. The van der Waals surface area contributed by atoms with Gasteiger partial charge >= 0.3 is 0 Å². The molecule has 1 amide bonds. The summed E-state index contributed by atoms with van der Waals surface area (Å²) in [7, 11) is -3.67. The Hall–Kier alpha value is -1.97. The molecule has 1 aromatic heterocycles. The maximum atomic E-state index is 13.0. The Bertz CT molecular complexity index is 1200. The van der Waals surface area contributed by atoms with Gasteiger partial charge in [0.25, 0.3) is 0 Å². The third-order valence-corrected chi connectivity index (χ3v) is 7.70. The van der Waals surface area contributed by atoms with E-state index in [1.807, 2.05) is 29.9 Å². The zero-order valence-electron chi connectivity index (χ0n) is 16.1. The Labute approximate surface area is 177 Å². The molecule has 0 atom stereocenters. The maximum absolute atomic E-state index is 13.0. The highest BCUT2D eigenvalue weighted by Crippen LogP contribution is 2.19. The Morgan fingerprint density at radius 2 is 1.93 bits per heavy atom. The molecule has 29 heavy (non-hydrogen) atoms. The molecule has 0 aliphatic rings. The van der Waals surface area contributed by atoms with Crippen LogP contribution in [0.25, 0.3) is 10.2 Å². The summed E-state index contributed by atoms with van der Waals surface area (Å²) in [6.45, 7) is 2.72. The number of aryl methyl sites for hydroxylation is 2. The highest BCUT2D eigenvalue weighted by Gasteiger charge is 2.17. The van der Waals surface area contributed by atoms with Gasteiger partial charge in [-0.3, -0.25) is 4.79 Å². The Kier molecular flexibility index (Phi) is 6.92. The third kappa shape index (κ3) is 5.34. The normalized spacial score (nSPS) is 12.6. The minimum Gasteiger partial charge on any atom is -0.316 e. The van der Waals surface area contributed by atoms with E-state index in [4.69, 9.17) is 0 Å². The Balaban J connectivity index is 1.84. The molecule has 0 saturated heterocycles. The van der Waals surface area contributed by atoms with E-state index in [0.29, 0.717) is 11.3 Å². The third-order valence-electron chi connectivity index (χ3n) is 4.34. The summed E-state index contributed by atoms with van der Waals surface area (Å²) < 4.78 is 40.8. The van der Waals surface area contributed by atoms with Gasteiger partial charge < -0.3 is 4.57 Å². The predicted molar refractivity (Wildman–Crippen MR) is 117 cm³/mol. The summed E-state index contributed by atoms with van der Waals surface area (Å²) in [5.41, 5.74) is 2.14. The van der Waals surface area contributed by atoms with Gasteiger partial charge in [0.2, 0.25) is 5.91 Å². The number of aromatic nitrogens is 1. The second-order valence-corrected chi connectivity index (χ2v) is 10.6. The van der Waals surface area contributed by atoms with Crippen molar-refractivity contribution < 1.29 is 17.6 Å². The second-order valence-electron chi connectivity index (χ2n) is 6.53. The van der Waals surface area contributed by atoms with Gasteiger partial charge in [-0.2, -0.15) is 16.8 Å². The van der Waals surface area contributed by atoms with Crippen LogP contribution in [0.5, 0.6) is 0 Å². The lowest BCUT2D eigenvalue weighted by Gasteiger charge is -2.04. The van der Waals surface area contributed by atoms with Crippen LogP contribution in [0, 0.1) is 12.7 Å². The van der Waals surface area contributed by atoms with Crippen LogP contribution in [0.4, 0.5) is 4.39 Å². The molecule has 0 aliphatic carbocycles. The SMILES string of the molecule is CSCCn1c(=NC(=O)CCS(=O)(=O)c2ccc(F)cc2)sc2cc(C)ccc21. The van der Waals surface area contributed by atoms with Gasteiger partial charge in [0.15, 0.2) is 14.6 Å². The number of rotatable bonds is 7. The van der Waals surface area contributed by atoms with Gasteiger partial charge in [0.05, 0.1) is 20.9 Å². The average molecular weight is 453 g/mol. The van der Waals surface area contributed by atoms with Gasteiger partial charge in [-0.05, 0) is 55.1 Å². The molecule has 0 N–H and O–H groups in total. The minimum absolute atomic E-state index is 0.000859. The molecule has 0 spiro atoms. The lowest BCUT2D eigenvalue weighted by atomic mass is 10.2. The maximum Gasteiger partial charge on any atom is 0.249 e. The summed E-state index contributed by atoms with van der Waals surface area (Å²) in [6, 6.07) is 10.7. The highest BCUT2D eigenvalue weighted by atomic mass is 32.2. The van der Waals surface area contributed by atoms with E-state index in [-0.39, 0.29) is 17.1 Å². The van der Waals surface area contributed by atoms with E-state index >= 15 is 0 Å². The summed E-state index contributed by atoms with van der Waals surface area (Å²) in [5, 5.41) is 0. The average Bonchev–Trinajstić information content (AvgIpc) is 3.01. The van der Waals surface area contributed by atoms with Crippen molar-refractivity contribution in [1.29, 1.82) is 0 Å². The van der Waals surface area contributed by atoms with Gasteiger partial charge in [-0.1, -0.05) is 17.4 Å². The van der Waals surface area contributed by atoms with E-state index in [1.165, 1.54) is 23.5 Å². The lowest BCUT2D eigenvalue weighted by molar-refractivity contribution is -0.117. The van der Waals surface area contributed by atoms with E-state index < -0.39 is 21.6 Å². The second kappa shape index (κ2) is 9.23. The van der Waals surface area contributed by atoms with E-state index in [2.05, 4.69) is 11.1 Å². The van der Waals surface area contributed by atoms with E-state index in [0.717, 1.165) is 33.7 Å². The minimum atomic E-state index is -3.67. The standard InChI is InChI=1S/C20H21FN2O3S3/c1-14-3-8-17-18(13-14)28-20(23(17)10-11-27-2)22-19(24)9-12-29(25,26)16-6-4-15(21)5-7-16/h3-8,13H,9-12H2,1-2H3. The topological polar surface area (TPSA) is 68.5 Å². The molecule has 0 unspecified atom stereocenters. The fourth-order valence-corrected chi connectivity index (χ4v) is 5.58. The zero-order chi connectivity index (χ0) is 21.0. The first-order chi connectivity index (χ1) is 13.8. The number of thioether (sulfide) groups is 1. The number of amides is 1. The van der Waals surface area contributed by atoms with Crippen LogP contribution in [-0.4, -0.2) is 36.7 Å². The van der Waals surface area contributed by atoms with Crippen molar-refractivity contribution in [2.45, 2.75) is 24.8 Å². The number of sulfone groups is 1. The summed E-state index contributed by atoms with van der Waals surface area (Å²) >= 11 is 3.13. The molecule has 2 aromatic carbocycles. The summed E-state index contributed by atoms with van der Waals surface area (Å²) in [6.07, 6.45) is 1.79. The van der Waals surface area contributed by atoms with Crippen molar-refractivity contribution in [3.8, 4) is 0 Å². The number of benzene rings is 2. The molecule has 0 aliphatic heterocycles. The fraction of sp³-hybridized carbons (Fsp3) is 0.300. The van der Waals surface area contributed by atoms with Crippen molar-refractivity contribution in [2.24, 2.45) is 4.99 Å². The number of hydrogen-bond donors (Lipinski definition) is 0. The number of nitrogens with zero attached hydrogens (tertiary/aromatic N) is 2. The van der Waals surface area contributed by atoms with Gasteiger partial charge in [0.1, 0.15) is 5.82 Å². The molecule has 0 radical (unpaired) electrons. The summed E-state index contributed by atoms with van der Waals surface area (Å²) in [5.74, 6) is -0.489. The van der Waals surface area contributed by atoms with Crippen molar-refractivity contribution in [3.63, 3.8) is 0 Å². The lowest BCUT2D eigenvalue weighted by Crippen LogP contribution is -2.19. The quantitative estimate of drug-likeness (QED) is 0.511. The number of carbonyl (C=O) groups excluding carboxylic acids is 1. The first-order valence-electron chi connectivity index (χ1n) is 8.95. The predicted octanol–water partition coefficient (Wildman–Crippen LogP) is 3.80. The van der Waals surface area contributed by atoms with Crippen molar-refractivity contribution in [1.82, 2.24) is 4.57 Å².